The summed E-state index contributed by atoms with van der Waals surface area (Å²) in [7, 11) is 0. The van der Waals surface area contributed by atoms with Crippen molar-refractivity contribution < 1.29 is 19.7 Å². The minimum Gasteiger partial charge on any atom is -0.508 e. The highest BCUT2D eigenvalue weighted by Gasteiger charge is 2.10. The average molecular weight is 272 g/mol. The standard InChI is InChI=1S/C16H16O4/c17-14-7-4-8-15(18)13(14)9-10-16(19)20-11-12-5-2-1-3-6-12/h1-8,17-18H,9-11H2. The van der Waals surface area contributed by atoms with Gasteiger partial charge in [0.05, 0.1) is 0 Å². The van der Waals surface area contributed by atoms with Crippen molar-refractivity contribution in [2.45, 2.75) is 19.4 Å². The summed E-state index contributed by atoms with van der Waals surface area (Å²) in [6.45, 7) is 0.229. The Bertz CT molecular complexity index is 558. The van der Waals surface area contributed by atoms with Crippen molar-refractivity contribution >= 4 is 5.97 Å². The summed E-state index contributed by atoms with van der Waals surface area (Å²) in [6, 6.07) is 13.9. The Morgan fingerprint density at radius 1 is 0.950 bits per heavy atom. The lowest BCUT2D eigenvalue weighted by atomic mass is 10.1. The van der Waals surface area contributed by atoms with Gasteiger partial charge in [-0.05, 0) is 24.1 Å². The number of hydrogen-bond acceptors (Lipinski definition) is 4. The summed E-state index contributed by atoms with van der Waals surface area (Å²) in [5, 5.41) is 19.2. The van der Waals surface area contributed by atoms with Crippen molar-refractivity contribution in [2.24, 2.45) is 0 Å². The summed E-state index contributed by atoms with van der Waals surface area (Å²) in [4.78, 5) is 11.6. The molecule has 2 N–H and O–H groups in total. The predicted molar refractivity (Wildman–Crippen MR) is 74.3 cm³/mol. The summed E-state index contributed by atoms with van der Waals surface area (Å²) < 4.78 is 5.13. The molecule has 0 aliphatic rings. The maximum atomic E-state index is 11.6. The number of aromatic hydroxyl groups is 2. The second-order valence-electron chi connectivity index (χ2n) is 4.42. The van der Waals surface area contributed by atoms with Crippen molar-refractivity contribution in [3.05, 3.63) is 59.7 Å². The van der Waals surface area contributed by atoms with Crippen molar-refractivity contribution in [1.29, 1.82) is 0 Å². The number of phenolic OH excluding ortho intramolecular Hbond substituents is 2. The van der Waals surface area contributed by atoms with Crippen molar-refractivity contribution in [2.75, 3.05) is 0 Å². The van der Waals surface area contributed by atoms with E-state index < -0.39 is 0 Å². The molecule has 0 unspecified atom stereocenters. The topological polar surface area (TPSA) is 66.8 Å². The molecular formula is C16H16O4. The first-order chi connectivity index (χ1) is 9.66. The second-order valence-corrected chi connectivity index (χ2v) is 4.42. The van der Waals surface area contributed by atoms with Crippen LogP contribution in [0.3, 0.4) is 0 Å². The molecule has 0 radical (unpaired) electrons. The number of phenols is 2. The van der Waals surface area contributed by atoms with Crippen LogP contribution in [0, 0.1) is 0 Å². The van der Waals surface area contributed by atoms with Crippen LogP contribution in [0.15, 0.2) is 48.5 Å². The largest absolute Gasteiger partial charge is 0.508 e. The van der Waals surface area contributed by atoms with Crippen LogP contribution in [0.5, 0.6) is 11.5 Å². The van der Waals surface area contributed by atoms with Crippen molar-refractivity contribution in [1.82, 2.24) is 0 Å². The third-order valence-corrected chi connectivity index (χ3v) is 2.95. The molecule has 2 rings (SSSR count). The first-order valence-electron chi connectivity index (χ1n) is 6.36. The van der Waals surface area contributed by atoms with E-state index in [4.69, 9.17) is 4.74 Å². The van der Waals surface area contributed by atoms with Crippen LogP contribution < -0.4 is 0 Å². The third-order valence-electron chi connectivity index (χ3n) is 2.95. The molecule has 0 saturated carbocycles. The molecule has 0 aromatic heterocycles. The van der Waals surface area contributed by atoms with Crippen molar-refractivity contribution in [3.8, 4) is 11.5 Å². The molecule has 4 nitrogen and oxygen atoms in total. The first kappa shape index (κ1) is 13.9. The van der Waals surface area contributed by atoms with Gasteiger partial charge in [0.1, 0.15) is 18.1 Å². The molecule has 0 aliphatic heterocycles. The quantitative estimate of drug-likeness (QED) is 0.821. The Hall–Kier alpha value is -2.49. The van der Waals surface area contributed by atoms with Gasteiger partial charge < -0.3 is 14.9 Å². The fourth-order valence-corrected chi connectivity index (χ4v) is 1.86. The van der Waals surface area contributed by atoms with E-state index in [0.717, 1.165) is 5.56 Å². The second kappa shape index (κ2) is 6.61. The van der Waals surface area contributed by atoms with Gasteiger partial charge in [-0.25, -0.2) is 0 Å². The van der Waals surface area contributed by atoms with E-state index in [9.17, 15) is 15.0 Å². The van der Waals surface area contributed by atoms with Crippen LogP contribution in [0.4, 0.5) is 0 Å². The van der Waals surface area contributed by atoms with Crippen molar-refractivity contribution in [3.63, 3.8) is 0 Å². The molecule has 0 bridgehead atoms. The van der Waals surface area contributed by atoms with E-state index in [1.165, 1.54) is 12.1 Å². The molecule has 0 heterocycles. The van der Waals surface area contributed by atoms with E-state index in [0.29, 0.717) is 5.56 Å². The van der Waals surface area contributed by atoms with E-state index in [2.05, 4.69) is 0 Å². The lowest BCUT2D eigenvalue weighted by Crippen LogP contribution is -2.06. The molecule has 2 aromatic carbocycles. The SMILES string of the molecule is O=C(CCc1c(O)cccc1O)OCc1ccccc1. The van der Waals surface area contributed by atoms with Gasteiger partial charge in [0, 0.05) is 12.0 Å². The van der Waals surface area contributed by atoms with Gasteiger partial charge in [-0.2, -0.15) is 0 Å². The Balaban J connectivity index is 1.84. The smallest absolute Gasteiger partial charge is 0.306 e. The summed E-state index contributed by atoms with van der Waals surface area (Å²) in [6.07, 6.45) is 0.351. The summed E-state index contributed by atoms with van der Waals surface area (Å²) in [5.41, 5.74) is 1.29. The van der Waals surface area contributed by atoms with Crippen LogP contribution in [0.2, 0.25) is 0 Å². The highest BCUT2D eigenvalue weighted by Crippen LogP contribution is 2.27. The van der Waals surface area contributed by atoms with Crippen LogP contribution >= 0.6 is 0 Å². The summed E-state index contributed by atoms with van der Waals surface area (Å²) >= 11 is 0. The fourth-order valence-electron chi connectivity index (χ4n) is 1.86. The lowest BCUT2D eigenvalue weighted by molar-refractivity contribution is -0.144. The van der Waals surface area contributed by atoms with Crippen LogP contribution in [-0.2, 0) is 22.6 Å². The minimum absolute atomic E-state index is 0.0131. The van der Waals surface area contributed by atoms with Gasteiger partial charge in [-0.3, -0.25) is 4.79 Å². The van der Waals surface area contributed by atoms with Gasteiger partial charge in [0.25, 0.3) is 0 Å². The predicted octanol–water partition coefficient (Wildman–Crippen LogP) is 2.77. The van der Waals surface area contributed by atoms with Gasteiger partial charge >= 0.3 is 5.97 Å². The normalized spacial score (nSPS) is 10.2. The number of rotatable bonds is 5. The highest BCUT2D eigenvalue weighted by molar-refractivity contribution is 5.70. The first-order valence-corrected chi connectivity index (χ1v) is 6.36. The molecule has 0 atom stereocenters. The molecule has 0 saturated heterocycles. The van der Waals surface area contributed by atoms with Gasteiger partial charge in [-0.15, -0.1) is 0 Å². The van der Waals surface area contributed by atoms with E-state index in [-0.39, 0.29) is 36.9 Å². The lowest BCUT2D eigenvalue weighted by Gasteiger charge is -2.07. The molecule has 104 valence electrons. The number of ether oxygens (including phenoxy) is 1. The zero-order chi connectivity index (χ0) is 14.4. The van der Waals surface area contributed by atoms with Gasteiger partial charge in [0.15, 0.2) is 0 Å². The monoisotopic (exact) mass is 272 g/mol. The molecule has 20 heavy (non-hydrogen) atoms. The molecule has 2 aromatic rings. The Labute approximate surface area is 117 Å². The zero-order valence-corrected chi connectivity index (χ0v) is 11.0. The Morgan fingerprint density at radius 3 is 2.25 bits per heavy atom. The Morgan fingerprint density at radius 2 is 1.60 bits per heavy atom. The number of benzene rings is 2. The van der Waals surface area contributed by atoms with Gasteiger partial charge in [-0.1, -0.05) is 36.4 Å². The maximum Gasteiger partial charge on any atom is 0.306 e. The Kier molecular flexibility index (Phi) is 4.60. The zero-order valence-electron chi connectivity index (χ0n) is 11.0. The molecular weight excluding hydrogens is 256 g/mol. The number of carbonyl (C=O) groups excluding carboxylic acids is 1. The van der Waals surface area contributed by atoms with Gasteiger partial charge in [0.2, 0.25) is 0 Å². The fraction of sp³-hybridized carbons (Fsp3) is 0.188. The molecule has 0 spiro atoms. The summed E-state index contributed by atoms with van der Waals surface area (Å²) in [5.74, 6) is -0.391. The molecule has 4 heteroatoms. The average Bonchev–Trinajstić information content (AvgIpc) is 2.46. The molecule has 0 aliphatic carbocycles. The third kappa shape index (κ3) is 3.75. The van der Waals surface area contributed by atoms with E-state index in [1.54, 1.807) is 6.07 Å². The number of hydrogen-bond donors (Lipinski definition) is 2. The van der Waals surface area contributed by atoms with Crippen LogP contribution in [-0.4, -0.2) is 16.2 Å². The molecule has 0 fully saturated rings. The number of esters is 1. The molecule has 0 amide bonds. The van der Waals surface area contributed by atoms with E-state index >= 15 is 0 Å². The highest BCUT2D eigenvalue weighted by atomic mass is 16.5. The van der Waals surface area contributed by atoms with Crippen LogP contribution in [0.1, 0.15) is 17.5 Å². The maximum absolute atomic E-state index is 11.6. The number of carbonyl (C=O) groups is 1. The van der Waals surface area contributed by atoms with Crippen LogP contribution in [0.25, 0.3) is 0 Å². The minimum atomic E-state index is -0.364. The van der Waals surface area contributed by atoms with E-state index in [1.807, 2.05) is 30.3 Å².